The number of rotatable bonds is 10. The number of halogens is 1. The minimum Gasteiger partial charge on any atom is -0.435 e. The average Bonchev–Trinajstić information content (AvgIpc) is 2.85. The lowest BCUT2D eigenvalue weighted by Gasteiger charge is -2.23. The SMILES string of the molecule is C=COC(=O)CC(O)C(c1c(CC)nc(-c2ccccc2)c(C)c1-c1ccc(F)cc1)[P+](=O)OC. The minimum atomic E-state index is -2.46. The number of ether oxygens (including phenoxy) is 1. The zero-order chi connectivity index (χ0) is 25.5. The molecule has 3 aromatic rings. The summed E-state index contributed by atoms with van der Waals surface area (Å²) in [5.41, 5.74) is 3.71. The second kappa shape index (κ2) is 11.9. The summed E-state index contributed by atoms with van der Waals surface area (Å²) in [6, 6.07) is 15.6. The van der Waals surface area contributed by atoms with Crippen molar-refractivity contribution in [1.82, 2.24) is 4.98 Å². The fraction of sp³-hybridized carbons (Fsp3) is 0.259. The Kier molecular flexibility index (Phi) is 8.99. The molecule has 0 radical (unpaired) electrons. The predicted octanol–water partition coefficient (Wildman–Crippen LogP) is 6.29. The van der Waals surface area contributed by atoms with Crippen molar-refractivity contribution in [3.05, 3.63) is 90.1 Å². The predicted molar refractivity (Wildman–Crippen MR) is 133 cm³/mol. The highest BCUT2D eigenvalue weighted by Crippen LogP contribution is 2.50. The van der Waals surface area contributed by atoms with Crippen LogP contribution in [0.3, 0.4) is 0 Å². The quantitative estimate of drug-likeness (QED) is 0.202. The van der Waals surface area contributed by atoms with Crippen molar-refractivity contribution in [2.24, 2.45) is 0 Å². The molecule has 0 aliphatic carbocycles. The number of esters is 1. The molecular weight excluding hydrogens is 468 g/mol. The summed E-state index contributed by atoms with van der Waals surface area (Å²) in [5.74, 6) is -1.11. The van der Waals surface area contributed by atoms with Gasteiger partial charge in [0.05, 0.1) is 25.5 Å². The van der Waals surface area contributed by atoms with Crippen LogP contribution in [-0.2, 0) is 25.0 Å². The monoisotopic (exact) mass is 496 g/mol. The summed E-state index contributed by atoms with van der Waals surface area (Å²) in [4.78, 5) is 17.0. The van der Waals surface area contributed by atoms with E-state index < -0.39 is 38.0 Å². The molecule has 3 rings (SSSR count). The van der Waals surface area contributed by atoms with Crippen molar-refractivity contribution in [3.8, 4) is 22.4 Å². The van der Waals surface area contributed by atoms with Crippen molar-refractivity contribution < 1.29 is 28.1 Å². The molecule has 3 atom stereocenters. The Balaban J connectivity index is 2.34. The normalized spacial score (nSPS) is 13.1. The van der Waals surface area contributed by atoms with Crippen LogP contribution in [0.15, 0.2) is 67.4 Å². The first kappa shape index (κ1) is 26.4. The number of pyridine rings is 1. The molecule has 35 heavy (non-hydrogen) atoms. The number of aliphatic hydroxyl groups is 1. The number of hydrogen-bond donors (Lipinski definition) is 1. The lowest BCUT2D eigenvalue weighted by atomic mass is 9.87. The highest BCUT2D eigenvalue weighted by molar-refractivity contribution is 7.39. The van der Waals surface area contributed by atoms with Gasteiger partial charge in [-0.15, -0.1) is 4.52 Å². The second-order valence-electron chi connectivity index (χ2n) is 7.89. The molecule has 0 aliphatic heterocycles. The fourth-order valence-corrected chi connectivity index (χ4v) is 5.28. The van der Waals surface area contributed by atoms with Crippen LogP contribution in [0, 0.1) is 12.7 Å². The van der Waals surface area contributed by atoms with Crippen molar-refractivity contribution in [2.75, 3.05) is 7.11 Å². The van der Waals surface area contributed by atoms with Gasteiger partial charge < -0.3 is 9.84 Å². The Labute approximate surface area is 205 Å². The standard InChI is InChI=1S/C27H28FNO5P/c1-5-21-25(27(35(32)33-4)22(30)16-23(31)34-6-2)24(18-12-14-20(28)15-13-18)17(3)26(29-21)19-10-8-7-9-11-19/h6-15,22,27,30H,2,5,16H2,1,3-4H3/q+1. The molecule has 2 aromatic carbocycles. The van der Waals surface area contributed by atoms with E-state index in [0.29, 0.717) is 28.8 Å². The summed E-state index contributed by atoms with van der Waals surface area (Å²) >= 11 is 0. The molecule has 8 heteroatoms. The van der Waals surface area contributed by atoms with E-state index in [1.165, 1.54) is 19.2 Å². The Morgan fingerprint density at radius 1 is 1.17 bits per heavy atom. The molecule has 0 saturated heterocycles. The number of hydrogen-bond acceptors (Lipinski definition) is 6. The lowest BCUT2D eigenvalue weighted by molar-refractivity contribution is -0.140. The van der Waals surface area contributed by atoms with Gasteiger partial charge in [0.2, 0.25) is 5.66 Å². The van der Waals surface area contributed by atoms with Gasteiger partial charge in [-0.2, -0.15) is 0 Å². The van der Waals surface area contributed by atoms with E-state index in [1.54, 1.807) is 12.1 Å². The van der Waals surface area contributed by atoms with Crippen LogP contribution >= 0.6 is 8.03 Å². The van der Waals surface area contributed by atoms with E-state index in [2.05, 4.69) is 6.58 Å². The summed E-state index contributed by atoms with van der Waals surface area (Å²) in [6.45, 7) is 7.14. The van der Waals surface area contributed by atoms with E-state index >= 15 is 0 Å². The molecule has 0 amide bonds. The molecule has 1 heterocycles. The lowest BCUT2D eigenvalue weighted by Crippen LogP contribution is -2.23. The highest BCUT2D eigenvalue weighted by atomic mass is 31.1. The zero-order valence-corrected chi connectivity index (χ0v) is 20.8. The maximum atomic E-state index is 13.8. The van der Waals surface area contributed by atoms with E-state index in [1.807, 2.05) is 44.2 Å². The van der Waals surface area contributed by atoms with Crippen molar-refractivity contribution in [3.63, 3.8) is 0 Å². The third-order valence-electron chi connectivity index (χ3n) is 5.73. The Hall–Kier alpha value is -3.25. The van der Waals surface area contributed by atoms with Gasteiger partial charge in [-0.25, -0.2) is 4.39 Å². The number of carbonyl (C=O) groups excluding carboxylic acids is 1. The van der Waals surface area contributed by atoms with Gasteiger partial charge in [0.1, 0.15) is 11.9 Å². The molecule has 0 spiro atoms. The van der Waals surface area contributed by atoms with E-state index in [-0.39, 0.29) is 0 Å². The van der Waals surface area contributed by atoms with Crippen LogP contribution in [-0.4, -0.2) is 29.3 Å². The second-order valence-corrected chi connectivity index (χ2v) is 9.38. The van der Waals surface area contributed by atoms with Crippen LogP contribution in [0.2, 0.25) is 0 Å². The Morgan fingerprint density at radius 3 is 2.40 bits per heavy atom. The number of aryl methyl sites for hydroxylation is 1. The van der Waals surface area contributed by atoms with Gasteiger partial charge in [-0.05, 0) is 46.7 Å². The van der Waals surface area contributed by atoms with Crippen LogP contribution in [0.5, 0.6) is 0 Å². The van der Waals surface area contributed by atoms with Crippen LogP contribution < -0.4 is 0 Å². The van der Waals surface area contributed by atoms with Gasteiger partial charge >= 0.3 is 14.0 Å². The molecule has 0 saturated carbocycles. The van der Waals surface area contributed by atoms with Gasteiger partial charge in [-0.1, -0.05) is 56.0 Å². The van der Waals surface area contributed by atoms with Crippen molar-refractivity contribution in [1.29, 1.82) is 0 Å². The summed E-state index contributed by atoms with van der Waals surface area (Å²) in [7, 11) is -1.18. The number of carbonyl (C=O) groups is 1. The van der Waals surface area contributed by atoms with Gasteiger partial charge in [0.25, 0.3) is 0 Å². The largest absolute Gasteiger partial charge is 0.518 e. The molecule has 0 bridgehead atoms. The first-order chi connectivity index (χ1) is 16.8. The number of aromatic nitrogens is 1. The van der Waals surface area contributed by atoms with Crippen LogP contribution in [0.1, 0.15) is 35.8 Å². The van der Waals surface area contributed by atoms with E-state index in [9.17, 15) is 18.9 Å². The van der Waals surface area contributed by atoms with Gasteiger partial charge in [0.15, 0.2) is 0 Å². The van der Waals surface area contributed by atoms with Crippen LogP contribution in [0.25, 0.3) is 22.4 Å². The van der Waals surface area contributed by atoms with E-state index in [0.717, 1.165) is 23.1 Å². The first-order valence-corrected chi connectivity index (χ1v) is 12.4. The number of benzene rings is 2. The molecule has 1 N–H and O–H groups in total. The third-order valence-corrected chi connectivity index (χ3v) is 7.15. The summed E-state index contributed by atoms with van der Waals surface area (Å²) in [5, 5.41) is 11.1. The topological polar surface area (TPSA) is 85.7 Å². The maximum absolute atomic E-state index is 13.8. The molecule has 0 aliphatic rings. The minimum absolute atomic E-state index is 0.396. The first-order valence-electron chi connectivity index (χ1n) is 11.2. The summed E-state index contributed by atoms with van der Waals surface area (Å²) < 4.78 is 36.9. The van der Waals surface area contributed by atoms with Gasteiger partial charge in [0, 0.05) is 16.8 Å². The molecular formula is C27H28FNO5P+. The van der Waals surface area contributed by atoms with Crippen LogP contribution in [0.4, 0.5) is 4.39 Å². The maximum Gasteiger partial charge on any atom is 0.518 e. The third kappa shape index (κ3) is 5.88. The molecule has 6 nitrogen and oxygen atoms in total. The van der Waals surface area contributed by atoms with Crippen molar-refractivity contribution >= 4 is 14.0 Å². The van der Waals surface area contributed by atoms with Crippen molar-refractivity contribution in [2.45, 2.75) is 38.5 Å². The highest BCUT2D eigenvalue weighted by Gasteiger charge is 2.45. The Bertz CT molecular complexity index is 1210. The van der Waals surface area contributed by atoms with E-state index in [4.69, 9.17) is 14.2 Å². The number of nitrogens with zero attached hydrogens (tertiary/aromatic N) is 1. The Morgan fingerprint density at radius 2 is 1.83 bits per heavy atom. The average molecular weight is 496 g/mol. The fourth-order valence-electron chi connectivity index (χ4n) is 4.17. The number of aliphatic hydroxyl groups excluding tert-OH is 1. The molecule has 182 valence electrons. The smallest absolute Gasteiger partial charge is 0.435 e. The van der Waals surface area contributed by atoms with Gasteiger partial charge in [-0.3, -0.25) is 9.78 Å². The molecule has 0 fully saturated rings. The summed E-state index contributed by atoms with van der Waals surface area (Å²) in [6.07, 6.45) is -0.384. The molecule has 3 unspecified atom stereocenters. The zero-order valence-electron chi connectivity index (χ0n) is 19.9. The molecule has 1 aromatic heterocycles.